The van der Waals surface area contributed by atoms with Crippen LogP contribution in [-0.4, -0.2) is 18.5 Å². The highest BCUT2D eigenvalue weighted by atomic mass is 16.5. The molecule has 0 aromatic rings. The molecular weight excluding hydrogens is 152 g/mol. The van der Waals surface area contributed by atoms with Gasteiger partial charge in [0.15, 0.2) is 5.78 Å². The molecule has 0 radical (unpaired) electrons. The summed E-state index contributed by atoms with van der Waals surface area (Å²) in [5.41, 5.74) is 0. The fourth-order valence-electron chi connectivity index (χ4n) is 1.44. The Morgan fingerprint density at radius 2 is 2.42 bits per heavy atom. The molecule has 1 aliphatic rings. The molecule has 0 amide bonds. The van der Waals surface area contributed by atoms with E-state index in [1.54, 1.807) is 0 Å². The molecule has 0 aromatic carbocycles. The van der Waals surface area contributed by atoms with Crippen molar-refractivity contribution >= 4 is 5.78 Å². The van der Waals surface area contributed by atoms with E-state index in [0.717, 1.165) is 19.4 Å². The topological polar surface area (TPSA) is 26.3 Å². The number of hydrogen-bond donors (Lipinski definition) is 0. The van der Waals surface area contributed by atoms with Gasteiger partial charge in [0.25, 0.3) is 0 Å². The van der Waals surface area contributed by atoms with Gasteiger partial charge in [-0.25, -0.2) is 0 Å². The normalized spacial score (nSPS) is 23.5. The predicted octanol–water partition coefficient (Wildman–Crippen LogP) is 2.09. The fraction of sp³-hybridized carbons (Fsp3) is 0.700. The lowest BCUT2D eigenvalue weighted by Crippen LogP contribution is -2.19. The van der Waals surface area contributed by atoms with Crippen LogP contribution >= 0.6 is 0 Å². The maximum atomic E-state index is 10.9. The fourth-order valence-corrected chi connectivity index (χ4v) is 1.44. The van der Waals surface area contributed by atoms with Crippen LogP contribution in [0, 0.1) is 0 Å². The van der Waals surface area contributed by atoms with Crippen LogP contribution in [0.4, 0.5) is 0 Å². The molecule has 0 saturated carbocycles. The van der Waals surface area contributed by atoms with E-state index in [2.05, 4.69) is 6.58 Å². The van der Waals surface area contributed by atoms with Gasteiger partial charge in [0.05, 0.1) is 6.10 Å². The number of carbonyl (C=O) groups excluding carboxylic acids is 1. The molecule has 1 fully saturated rings. The van der Waals surface area contributed by atoms with Crippen molar-refractivity contribution < 1.29 is 9.53 Å². The summed E-state index contributed by atoms with van der Waals surface area (Å²) < 4.78 is 5.49. The minimum Gasteiger partial charge on any atom is -0.378 e. The van der Waals surface area contributed by atoms with Crippen molar-refractivity contribution in [1.29, 1.82) is 0 Å². The molecule has 2 heteroatoms. The van der Waals surface area contributed by atoms with Crippen LogP contribution in [0.1, 0.15) is 32.1 Å². The van der Waals surface area contributed by atoms with Crippen LogP contribution in [0.2, 0.25) is 0 Å². The Labute approximate surface area is 73.6 Å². The van der Waals surface area contributed by atoms with Crippen molar-refractivity contribution in [2.45, 2.75) is 38.2 Å². The average Bonchev–Trinajstić information content (AvgIpc) is 2.16. The summed E-state index contributed by atoms with van der Waals surface area (Å²) in [5, 5.41) is 0. The van der Waals surface area contributed by atoms with Crippen LogP contribution in [0.5, 0.6) is 0 Å². The molecule has 1 atom stereocenters. The smallest absolute Gasteiger partial charge is 0.155 e. The lowest BCUT2D eigenvalue weighted by atomic mass is 10.0. The van der Waals surface area contributed by atoms with Crippen molar-refractivity contribution in [3.63, 3.8) is 0 Å². The van der Waals surface area contributed by atoms with E-state index < -0.39 is 0 Å². The van der Waals surface area contributed by atoms with Crippen LogP contribution < -0.4 is 0 Å². The maximum Gasteiger partial charge on any atom is 0.155 e. The molecule has 0 aliphatic carbocycles. The number of carbonyl (C=O) groups is 1. The molecule has 1 rings (SSSR count). The van der Waals surface area contributed by atoms with Crippen molar-refractivity contribution in [2.24, 2.45) is 0 Å². The van der Waals surface area contributed by atoms with Gasteiger partial charge in [0.1, 0.15) is 0 Å². The Hall–Kier alpha value is -0.630. The molecule has 0 bridgehead atoms. The Morgan fingerprint density at radius 3 is 3.00 bits per heavy atom. The first-order chi connectivity index (χ1) is 5.83. The van der Waals surface area contributed by atoms with Gasteiger partial charge in [0.2, 0.25) is 0 Å². The van der Waals surface area contributed by atoms with E-state index in [1.807, 2.05) is 0 Å². The van der Waals surface area contributed by atoms with Crippen LogP contribution in [-0.2, 0) is 9.53 Å². The van der Waals surface area contributed by atoms with Gasteiger partial charge in [-0.1, -0.05) is 6.58 Å². The molecule has 2 nitrogen and oxygen atoms in total. The lowest BCUT2D eigenvalue weighted by Gasteiger charge is -2.21. The summed E-state index contributed by atoms with van der Waals surface area (Å²) in [4.78, 5) is 10.9. The second-order valence-corrected chi connectivity index (χ2v) is 3.20. The highest BCUT2D eigenvalue weighted by Gasteiger charge is 2.13. The average molecular weight is 168 g/mol. The third-order valence-corrected chi connectivity index (χ3v) is 2.21. The molecular formula is C10H16O2. The summed E-state index contributed by atoms with van der Waals surface area (Å²) in [6, 6.07) is 0. The van der Waals surface area contributed by atoms with Crippen LogP contribution in [0.15, 0.2) is 12.7 Å². The van der Waals surface area contributed by atoms with E-state index >= 15 is 0 Å². The van der Waals surface area contributed by atoms with Crippen LogP contribution in [0.25, 0.3) is 0 Å². The summed E-state index contributed by atoms with van der Waals surface area (Å²) in [5.74, 6) is 0.129. The number of rotatable bonds is 4. The molecule has 0 N–H and O–H groups in total. The predicted molar refractivity (Wildman–Crippen MR) is 48.0 cm³/mol. The Kier molecular flexibility index (Phi) is 4.01. The van der Waals surface area contributed by atoms with Gasteiger partial charge in [-0.3, -0.25) is 4.79 Å². The van der Waals surface area contributed by atoms with Gasteiger partial charge in [-0.15, -0.1) is 0 Å². The van der Waals surface area contributed by atoms with Crippen molar-refractivity contribution in [3.05, 3.63) is 12.7 Å². The first-order valence-electron chi connectivity index (χ1n) is 4.60. The zero-order valence-corrected chi connectivity index (χ0v) is 7.42. The molecule has 0 aromatic heterocycles. The monoisotopic (exact) mass is 168 g/mol. The molecule has 1 saturated heterocycles. The molecule has 1 heterocycles. The van der Waals surface area contributed by atoms with Gasteiger partial charge < -0.3 is 4.74 Å². The second kappa shape index (κ2) is 5.09. The largest absolute Gasteiger partial charge is 0.378 e. The standard InChI is InChI=1S/C10H16O2/c1-2-9(11)6-7-10-5-3-4-8-12-10/h2,10H,1,3-8H2. The van der Waals surface area contributed by atoms with Gasteiger partial charge in [-0.2, -0.15) is 0 Å². The summed E-state index contributed by atoms with van der Waals surface area (Å²) in [7, 11) is 0. The molecule has 1 unspecified atom stereocenters. The van der Waals surface area contributed by atoms with Gasteiger partial charge in [0, 0.05) is 13.0 Å². The third-order valence-electron chi connectivity index (χ3n) is 2.21. The zero-order valence-electron chi connectivity index (χ0n) is 7.42. The lowest BCUT2D eigenvalue weighted by molar-refractivity contribution is -0.115. The summed E-state index contributed by atoms with van der Waals surface area (Å²) >= 11 is 0. The molecule has 68 valence electrons. The van der Waals surface area contributed by atoms with E-state index in [1.165, 1.54) is 18.9 Å². The highest BCUT2D eigenvalue weighted by molar-refractivity contribution is 5.88. The molecule has 1 aliphatic heterocycles. The minimum atomic E-state index is 0.129. The molecule has 12 heavy (non-hydrogen) atoms. The Balaban J connectivity index is 2.12. The maximum absolute atomic E-state index is 10.9. The van der Waals surface area contributed by atoms with Crippen molar-refractivity contribution in [2.75, 3.05) is 6.61 Å². The van der Waals surface area contributed by atoms with E-state index in [0.29, 0.717) is 12.5 Å². The van der Waals surface area contributed by atoms with E-state index in [-0.39, 0.29) is 5.78 Å². The minimum absolute atomic E-state index is 0.129. The van der Waals surface area contributed by atoms with Gasteiger partial charge in [-0.05, 0) is 31.8 Å². The Morgan fingerprint density at radius 1 is 1.58 bits per heavy atom. The summed E-state index contributed by atoms with van der Waals surface area (Å²) in [6.07, 6.45) is 6.70. The SMILES string of the molecule is C=CC(=O)CCC1CCCCO1. The van der Waals surface area contributed by atoms with Gasteiger partial charge >= 0.3 is 0 Å². The van der Waals surface area contributed by atoms with E-state index in [9.17, 15) is 4.79 Å². The first-order valence-corrected chi connectivity index (χ1v) is 4.60. The second-order valence-electron chi connectivity index (χ2n) is 3.20. The summed E-state index contributed by atoms with van der Waals surface area (Å²) in [6.45, 7) is 4.30. The van der Waals surface area contributed by atoms with Crippen molar-refractivity contribution in [3.8, 4) is 0 Å². The first kappa shape index (κ1) is 9.46. The Bertz CT molecular complexity index is 157. The quantitative estimate of drug-likeness (QED) is 0.601. The highest BCUT2D eigenvalue weighted by Crippen LogP contribution is 2.16. The number of ketones is 1. The van der Waals surface area contributed by atoms with Crippen molar-refractivity contribution in [1.82, 2.24) is 0 Å². The third kappa shape index (κ3) is 3.18. The van der Waals surface area contributed by atoms with E-state index in [4.69, 9.17) is 4.74 Å². The molecule has 0 spiro atoms. The zero-order chi connectivity index (χ0) is 8.81. The number of hydrogen-bond acceptors (Lipinski definition) is 2. The number of ether oxygens (including phenoxy) is 1. The van der Waals surface area contributed by atoms with Crippen LogP contribution in [0.3, 0.4) is 0 Å². The number of allylic oxidation sites excluding steroid dienone is 1.